The zero-order valence-electron chi connectivity index (χ0n) is 13.8. The molecule has 0 aliphatic heterocycles. The van der Waals surface area contributed by atoms with Crippen LogP contribution in [0.1, 0.15) is 30.7 Å². The zero-order valence-corrected chi connectivity index (χ0v) is 15.4. The highest BCUT2D eigenvalue weighted by Crippen LogP contribution is 2.26. The van der Waals surface area contributed by atoms with Crippen LogP contribution in [0.4, 0.5) is 0 Å². The summed E-state index contributed by atoms with van der Waals surface area (Å²) in [6.07, 6.45) is 5.60. The predicted octanol–water partition coefficient (Wildman–Crippen LogP) is 1.66. The van der Waals surface area contributed by atoms with E-state index in [1.165, 1.54) is 16.7 Å². The van der Waals surface area contributed by atoms with Crippen molar-refractivity contribution in [3.63, 3.8) is 0 Å². The van der Waals surface area contributed by atoms with Gasteiger partial charge in [-0.2, -0.15) is 16.8 Å². The molecule has 0 radical (unpaired) electrons. The van der Waals surface area contributed by atoms with E-state index in [-0.39, 0.29) is 11.3 Å². The SMILES string of the molecule is CCCC(n1cc[n+](C)c1)S(=O)(=O)OS(=O)(=O)c1ccc(C)cc1. The van der Waals surface area contributed by atoms with E-state index in [1.807, 2.05) is 6.92 Å². The summed E-state index contributed by atoms with van der Waals surface area (Å²) < 4.78 is 57.4. The fourth-order valence-corrected chi connectivity index (χ4v) is 5.34. The van der Waals surface area contributed by atoms with E-state index in [2.05, 4.69) is 3.63 Å². The number of imidazole rings is 1. The molecule has 2 rings (SSSR count). The average Bonchev–Trinajstić information content (AvgIpc) is 2.90. The number of benzene rings is 1. The fourth-order valence-electron chi connectivity index (χ4n) is 2.24. The molecule has 9 heteroatoms. The van der Waals surface area contributed by atoms with Gasteiger partial charge in [-0.1, -0.05) is 31.0 Å². The topological polar surface area (TPSA) is 86.3 Å². The second-order valence-electron chi connectivity index (χ2n) is 5.60. The molecule has 1 heterocycles. The highest BCUT2D eigenvalue weighted by atomic mass is 32.3. The Balaban J connectivity index is 2.35. The molecule has 0 aliphatic carbocycles. The Morgan fingerprint density at radius 2 is 1.79 bits per heavy atom. The van der Waals surface area contributed by atoms with Crippen molar-refractivity contribution in [1.29, 1.82) is 0 Å². The molecule has 0 saturated carbocycles. The van der Waals surface area contributed by atoms with Crippen molar-refractivity contribution in [2.45, 2.75) is 37.0 Å². The maximum absolute atomic E-state index is 12.6. The minimum absolute atomic E-state index is 0.190. The van der Waals surface area contributed by atoms with Gasteiger partial charge in [-0.3, -0.25) is 0 Å². The molecule has 1 atom stereocenters. The van der Waals surface area contributed by atoms with Crippen LogP contribution in [0, 0.1) is 6.92 Å². The van der Waals surface area contributed by atoms with Crippen LogP contribution in [0.3, 0.4) is 0 Å². The van der Waals surface area contributed by atoms with E-state index in [0.29, 0.717) is 6.42 Å². The van der Waals surface area contributed by atoms with Gasteiger partial charge in [0.15, 0.2) is 0 Å². The molecule has 0 aliphatic rings. The number of aromatic nitrogens is 2. The van der Waals surface area contributed by atoms with Crippen LogP contribution >= 0.6 is 0 Å². The van der Waals surface area contributed by atoms with Gasteiger partial charge < -0.3 is 0 Å². The van der Waals surface area contributed by atoms with Gasteiger partial charge in [0.05, 0.1) is 11.9 Å². The predicted molar refractivity (Wildman–Crippen MR) is 87.9 cm³/mol. The van der Waals surface area contributed by atoms with Gasteiger partial charge in [-0.05, 0) is 19.1 Å². The van der Waals surface area contributed by atoms with Gasteiger partial charge in [0, 0.05) is 6.42 Å². The minimum Gasteiger partial charge on any atom is -0.240 e. The number of nitrogens with zero attached hydrogens (tertiary/aromatic N) is 2. The standard InChI is InChI=1S/C15H21N2O5S2/c1-4-5-15(17-11-10-16(3)12-17)24(20,21)22-23(18,19)14-8-6-13(2)7-9-14/h6-12,15H,4-5H2,1-3H3/q+1. The third-order valence-corrected chi connectivity index (χ3v) is 6.96. The van der Waals surface area contributed by atoms with E-state index in [4.69, 9.17) is 0 Å². The Bertz CT molecular complexity index is 900. The van der Waals surface area contributed by atoms with Crippen LogP contribution < -0.4 is 4.57 Å². The lowest BCUT2D eigenvalue weighted by atomic mass is 10.2. The third-order valence-electron chi connectivity index (χ3n) is 3.48. The largest absolute Gasteiger partial charge is 0.324 e. The molecular formula is C15H21N2O5S2+. The van der Waals surface area contributed by atoms with Gasteiger partial charge >= 0.3 is 20.2 Å². The summed E-state index contributed by atoms with van der Waals surface area (Å²) in [6.45, 7) is 3.62. The summed E-state index contributed by atoms with van der Waals surface area (Å²) in [6, 6.07) is 5.81. The van der Waals surface area contributed by atoms with E-state index < -0.39 is 25.6 Å². The minimum atomic E-state index is -4.41. The smallest absolute Gasteiger partial charge is 0.240 e. The Hall–Kier alpha value is -1.71. The van der Waals surface area contributed by atoms with Crippen molar-refractivity contribution in [1.82, 2.24) is 4.57 Å². The maximum atomic E-state index is 12.6. The molecular weight excluding hydrogens is 352 g/mol. The molecule has 2 aromatic rings. The van der Waals surface area contributed by atoms with Crippen molar-refractivity contribution in [2.75, 3.05) is 0 Å². The van der Waals surface area contributed by atoms with Gasteiger partial charge in [0.25, 0.3) is 0 Å². The molecule has 0 N–H and O–H groups in total. The molecule has 0 fully saturated rings. The van der Waals surface area contributed by atoms with Gasteiger partial charge in [-0.25, -0.2) is 9.13 Å². The number of hydrogen-bond acceptors (Lipinski definition) is 5. The summed E-state index contributed by atoms with van der Waals surface area (Å²) in [5.74, 6) is 0. The molecule has 0 bridgehead atoms. The second-order valence-corrected chi connectivity index (χ2v) is 9.05. The van der Waals surface area contributed by atoms with Gasteiger partial charge in [0.2, 0.25) is 11.7 Å². The first-order chi connectivity index (χ1) is 11.2. The Morgan fingerprint density at radius 3 is 2.29 bits per heavy atom. The summed E-state index contributed by atoms with van der Waals surface area (Å²) in [7, 11) is -7.04. The molecule has 1 aromatic carbocycles. The van der Waals surface area contributed by atoms with E-state index in [0.717, 1.165) is 5.56 Å². The fraction of sp³-hybridized carbons (Fsp3) is 0.400. The van der Waals surface area contributed by atoms with Crippen LogP contribution in [0.15, 0.2) is 47.9 Å². The quantitative estimate of drug-likeness (QED) is 0.689. The normalized spacial score (nSPS) is 13.8. The van der Waals surface area contributed by atoms with E-state index in [1.54, 1.807) is 49.4 Å². The maximum Gasteiger partial charge on any atom is 0.324 e. The lowest BCUT2D eigenvalue weighted by Gasteiger charge is -2.13. The molecule has 7 nitrogen and oxygen atoms in total. The first kappa shape index (κ1) is 18.6. The van der Waals surface area contributed by atoms with E-state index in [9.17, 15) is 16.8 Å². The van der Waals surface area contributed by atoms with Crippen molar-refractivity contribution < 1.29 is 25.0 Å². The average molecular weight is 373 g/mol. The van der Waals surface area contributed by atoms with Crippen LogP contribution in [0.5, 0.6) is 0 Å². The summed E-state index contributed by atoms with van der Waals surface area (Å²) in [5.41, 5.74) is 0.862. The molecule has 24 heavy (non-hydrogen) atoms. The molecule has 1 unspecified atom stereocenters. The lowest BCUT2D eigenvalue weighted by molar-refractivity contribution is -0.671. The lowest BCUT2D eigenvalue weighted by Crippen LogP contribution is -2.28. The monoisotopic (exact) mass is 373 g/mol. The van der Waals surface area contributed by atoms with Crippen molar-refractivity contribution in [3.05, 3.63) is 48.5 Å². The Labute approximate surface area is 142 Å². The van der Waals surface area contributed by atoms with Crippen molar-refractivity contribution >= 4 is 20.2 Å². The zero-order chi connectivity index (χ0) is 18.0. The molecule has 0 saturated heterocycles. The van der Waals surface area contributed by atoms with Crippen LogP contribution in [-0.4, -0.2) is 21.4 Å². The number of aryl methyl sites for hydroxylation is 2. The van der Waals surface area contributed by atoms with Gasteiger partial charge in [-0.15, -0.1) is 3.63 Å². The van der Waals surface area contributed by atoms with Crippen molar-refractivity contribution in [2.24, 2.45) is 7.05 Å². The van der Waals surface area contributed by atoms with Crippen LogP contribution in [0.2, 0.25) is 0 Å². The first-order valence-corrected chi connectivity index (χ1v) is 10.3. The Morgan fingerprint density at radius 1 is 1.17 bits per heavy atom. The summed E-state index contributed by atoms with van der Waals surface area (Å²) in [4.78, 5) is -0.190. The van der Waals surface area contributed by atoms with Crippen molar-refractivity contribution in [3.8, 4) is 0 Å². The number of hydrogen-bond donors (Lipinski definition) is 0. The Kier molecular flexibility index (Phi) is 5.46. The highest BCUT2D eigenvalue weighted by Gasteiger charge is 2.36. The summed E-state index contributed by atoms with van der Waals surface area (Å²) in [5, 5.41) is -1.11. The molecule has 0 amide bonds. The molecule has 132 valence electrons. The highest BCUT2D eigenvalue weighted by molar-refractivity contribution is 7.99. The van der Waals surface area contributed by atoms with E-state index >= 15 is 0 Å². The molecule has 0 spiro atoms. The van der Waals surface area contributed by atoms with Gasteiger partial charge in [0.1, 0.15) is 12.4 Å². The third kappa shape index (κ3) is 4.22. The first-order valence-electron chi connectivity index (χ1n) is 7.45. The molecule has 1 aromatic heterocycles. The van der Waals surface area contributed by atoms with Crippen LogP contribution in [-0.2, 0) is 30.9 Å². The van der Waals surface area contributed by atoms with Crippen LogP contribution in [0.25, 0.3) is 0 Å². The number of rotatable bonds is 7. The summed E-state index contributed by atoms with van der Waals surface area (Å²) >= 11 is 0. The second kappa shape index (κ2) is 7.04.